The van der Waals surface area contributed by atoms with Crippen LogP contribution in [0.25, 0.3) is 0 Å². The fourth-order valence-corrected chi connectivity index (χ4v) is 1.64. The molecular weight excluding hydrogens is 194 g/mol. The van der Waals surface area contributed by atoms with Gasteiger partial charge in [0.1, 0.15) is 0 Å². The maximum Gasteiger partial charge on any atom is 0.0406 e. The molecule has 1 N–H and O–H groups in total. The topological polar surface area (TPSA) is 12.0 Å². The average molecular weight is 212 g/mol. The molecule has 0 bridgehead atoms. The van der Waals surface area contributed by atoms with Crippen molar-refractivity contribution in [2.75, 3.05) is 6.54 Å². The van der Waals surface area contributed by atoms with Gasteiger partial charge in [0, 0.05) is 11.1 Å². The number of nitrogens with one attached hydrogen (secondary N) is 1. The summed E-state index contributed by atoms with van der Waals surface area (Å²) in [6, 6.07) is 8.56. The predicted molar refractivity (Wildman–Crippen MR) is 62.8 cm³/mol. The molecule has 0 aliphatic carbocycles. The van der Waals surface area contributed by atoms with E-state index in [9.17, 15) is 0 Å². The molecule has 1 rings (SSSR count). The standard InChI is InChI=1S/C12H18ClN/c1-3-9-14-12(4-2)10-5-7-11(13)8-6-10/h5-8,12,14H,3-4,9H2,1-2H3. The molecule has 1 nitrogen and oxygen atoms in total. The Morgan fingerprint density at radius 3 is 2.36 bits per heavy atom. The average Bonchev–Trinajstić information content (AvgIpc) is 2.21. The lowest BCUT2D eigenvalue weighted by atomic mass is 10.0. The second kappa shape index (κ2) is 6.05. The largest absolute Gasteiger partial charge is 0.310 e. The highest BCUT2D eigenvalue weighted by Gasteiger charge is 2.06. The van der Waals surface area contributed by atoms with Gasteiger partial charge < -0.3 is 5.32 Å². The van der Waals surface area contributed by atoms with Crippen LogP contribution in [-0.2, 0) is 0 Å². The first kappa shape index (κ1) is 11.5. The van der Waals surface area contributed by atoms with Crippen LogP contribution >= 0.6 is 11.6 Å². The van der Waals surface area contributed by atoms with Gasteiger partial charge in [-0.1, -0.05) is 37.6 Å². The van der Waals surface area contributed by atoms with E-state index in [1.807, 2.05) is 12.1 Å². The van der Waals surface area contributed by atoms with Crippen LogP contribution in [0, 0.1) is 0 Å². The van der Waals surface area contributed by atoms with E-state index in [2.05, 4.69) is 31.3 Å². The maximum absolute atomic E-state index is 5.84. The van der Waals surface area contributed by atoms with Crippen LogP contribution in [0.3, 0.4) is 0 Å². The number of halogens is 1. The molecule has 0 heterocycles. The lowest BCUT2D eigenvalue weighted by molar-refractivity contribution is 0.518. The van der Waals surface area contributed by atoms with Crippen molar-refractivity contribution >= 4 is 11.6 Å². The van der Waals surface area contributed by atoms with Gasteiger partial charge in [0.05, 0.1) is 0 Å². The van der Waals surface area contributed by atoms with Crippen molar-refractivity contribution in [3.05, 3.63) is 34.9 Å². The minimum atomic E-state index is 0.465. The third-order valence-electron chi connectivity index (χ3n) is 2.32. The molecule has 0 aromatic heterocycles. The number of hydrogen-bond donors (Lipinski definition) is 1. The highest BCUT2D eigenvalue weighted by atomic mass is 35.5. The third-order valence-corrected chi connectivity index (χ3v) is 2.57. The summed E-state index contributed by atoms with van der Waals surface area (Å²) in [5.74, 6) is 0. The van der Waals surface area contributed by atoms with E-state index in [1.165, 1.54) is 12.0 Å². The van der Waals surface area contributed by atoms with E-state index in [0.717, 1.165) is 18.0 Å². The Balaban J connectivity index is 2.64. The molecule has 0 aliphatic heterocycles. The first-order chi connectivity index (χ1) is 6.77. The summed E-state index contributed by atoms with van der Waals surface area (Å²) < 4.78 is 0. The third kappa shape index (κ3) is 3.32. The van der Waals surface area contributed by atoms with E-state index < -0.39 is 0 Å². The minimum absolute atomic E-state index is 0.465. The fourth-order valence-electron chi connectivity index (χ4n) is 1.51. The van der Waals surface area contributed by atoms with Crippen molar-refractivity contribution in [1.82, 2.24) is 5.32 Å². The molecule has 1 aromatic carbocycles. The maximum atomic E-state index is 5.84. The highest BCUT2D eigenvalue weighted by Crippen LogP contribution is 2.18. The molecule has 1 unspecified atom stereocenters. The smallest absolute Gasteiger partial charge is 0.0406 e. The molecule has 0 saturated heterocycles. The van der Waals surface area contributed by atoms with Gasteiger partial charge in [-0.05, 0) is 37.1 Å². The van der Waals surface area contributed by atoms with Crippen LogP contribution in [0.1, 0.15) is 38.3 Å². The summed E-state index contributed by atoms with van der Waals surface area (Å²) in [6.07, 6.45) is 2.28. The first-order valence-corrected chi connectivity index (χ1v) is 5.64. The Morgan fingerprint density at radius 1 is 1.21 bits per heavy atom. The lowest BCUT2D eigenvalue weighted by Crippen LogP contribution is -2.21. The summed E-state index contributed by atoms with van der Waals surface area (Å²) in [7, 11) is 0. The Bertz CT molecular complexity index is 256. The summed E-state index contributed by atoms with van der Waals surface area (Å²) >= 11 is 5.84. The number of benzene rings is 1. The van der Waals surface area contributed by atoms with Gasteiger partial charge in [0.25, 0.3) is 0 Å². The molecule has 78 valence electrons. The molecular formula is C12H18ClN. The Kier molecular flexibility index (Phi) is 4.99. The molecule has 0 saturated carbocycles. The quantitative estimate of drug-likeness (QED) is 0.782. The van der Waals surface area contributed by atoms with Gasteiger partial charge in [0.2, 0.25) is 0 Å². The highest BCUT2D eigenvalue weighted by molar-refractivity contribution is 6.30. The number of rotatable bonds is 5. The molecule has 1 aromatic rings. The Morgan fingerprint density at radius 2 is 1.86 bits per heavy atom. The van der Waals surface area contributed by atoms with Gasteiger partial charge in [-0.2, -0.15) is 0 Å². The summed E-state index contributed by atoms with van der Waals surface area (Å²) in [6.45, 7) is 5.45. The molecule has 0 amide bonds. The van der Waals surface area contributed by atoms with Crippen molar-refractivity contribution < 1.29 is 0 Å². The van der Waals surface area contributed by atoms with Crippen molar-refractivity contribution in [3.63, 3.8) is 0 Å². The zero-order valence-electron chi connectivity index (χ0n) is 8.89. The van der Waals surface area contributed by atoms with E-state index in [-0.39, 0.29) is 0 Å². The monoisotopic (exact) mass is 211 g/mol. The summed E-state index contributed by atoms with van der Waals surface area (Å²) in [5, 5.41) is 4.32. The van der Waals surface area contributed by atoms with Crippen molar-refractivity contribution in [1.29, 1.82) is 0 Å². The second-order valence-electron chi connectivity index (χ2n) is 3.47. The van der Waals surface area contributed by atoms with E-state index in [0.29, 0.717) is 6.04 Å². The normalized spacial score (nSPS) is 12.8. The van der Waals surface area contributed by atoms with Crippen LogP contribution in [0.2, 0.25) is 5.02 Å². The van der Waals surface area contributed by atoms with Crippen LogP contribution in [0.5, 0.6) is 0 Å². The predicted octanol–water partition coefficient (Wildman–Crippen LogP) is 3.79. The molecule has 0 fully saturated rings. The van der Waals surface area contributed by atoms with Crippen LogP contribution in [0.4, 0.5) is 0 Å². The summed E-state index contributed by atoms with van der Waals surface area (Å²) in [5.41, 5.74) is 1.32. The van der Waals surface area contributed by atoms with Crippen molar-refractivity contribution in [2.45, 2.75) is 32.7 Å². The van der Waals surface area contributed by atoms with Crippen LogP contribution in [-0.4, -0.2) is 6.54 Å². The fraction of sp³-hybridized carbons (Fsp3) is 0.500. The first-order valence-electron chi connectivity index (χ1n) is 5.26. The zero-order valence-corrected chi connectivity index (χ0v) is 9.64. The van der Waals surface area contributed by atoms with Gasteiger partial charge in [-0.3, -0.25) is 0 Å². The van der Waals surface area contributed by atoms with Crippen molar-refractivity contribution in [3.8, 4) is 0 Å². The van der Waals surface area contributed by atoms with Gasteiger partial charge >= 0.3 is 0 Å². The molecule has 1 atom stereocenters. The molecule has 2 heteroatoms. The lowest BCUT2D eigenvalue weighted by Gasteiger charge is -2.16. The van der Waals surface area contributed by atoms with Gasteiger partial charge in [-0.25, -0.2) is 0 Å². The second-order valence-corrected chi connectivity index (χ2v) is 3.90. The number of hydrogen-bond acceptors (Lipinski definition) is 1. The summed E-state index contributed by atoms with van der Waals surface area (Å²) in [4.78, 5) is 0. The van der Waals surface area contributed by atoms with E-state index >= 15 is 0 Å². The SMILES string of the molecule is CCCNC(CC)c1ccc(Cl)cc1. The van der Waals surface area contributed by atoms with Gasteiger partial charge in [-0.15, -0.1) is 0 Å². The van der Waals surface area contributed by atoms with E-state index in [1.54, 1.807) is 0 Å². The van der Waals surface area contributed by atoms with Crippen LogP contribution < -0.4 is 5.32 Å². The van der Waals surface area contributed by atoms with Crippen LogP contribution in [0.15, 0.2) is 24.3 Å². The van der Waals surface area contributed by atoms with E-state index in [4.69, 9.17) is 11.6 Å². The molecule has 14 heavy (non-hydrogen) atoms. The molecule has 0 aliphatic rings. The Hall–Kier alpha value is -0.530. The van der Waals surface area contributed by atoms with Gasteiger partial charge in [0.15, 0.2) is 0 Å². The Labute approximate surface area is 91.5 Å². The zero-order chi connectivity index (χ0) is 10.4. The molecule has 0 spiro atoms. The van der Waals surface area contributed by atoms with Crippen molar-refractivity contribution in [2.24, 2.45) is 0 Å². The molecule has 0 radical (unpaired) electrons. The minimum Gasteiger partial charge on any atom is -0.310 e.